The highest BCUT2D eigenvalue weighted by Gasteiger charge is 2.50. The molecule has 0 unspecified atom stereocenters. The number of carbonyl (C=O) groups excluding carboxylic acids is 4. The first-order chi connectivity index (χ1) is 15.6. The molecule has 5 atom stereocenters. The molecule has 2 rings (SSSR count). The normalized spacial score (nSPS) is 20.4. The summed E-state index contributed by atoms with van der Waals surface area (Å²) in [7, 11) is 0. The number of nitrogens with one attached hydrogen (secondary N) is 1. The Morgan fingerprint density at radius 2 is 1.67 bits per heavy atom. The summed E-state index contributed by atoms with van der Waals surface area (Å²) in [5.41, 5.74) is 0.873. The van der Waals surface area contributed by atoms with Crippen molar-refractivity contribution >= 4 is 23.6 Å². The molecule has 1 amide bonds. The van der Waals surface area contributed by atoms with Gasteiger partial charge in [0.25, 0.3) is 5.91 Å². The minimum Gasteiger partial charge on any atom is -0.461 e. The topological polar surface area (TPSA) is 98.8 Å². The maximum atomic E-state index is 13.1. The lowest BCUT2D eigenvalue weighted by atomic mass is 9.82. The van der Waals surface area contributed by atoms with Crippen LogP contribution >= 0.6 is 0 Å². The van der Waals surface area contributed by atoms with Crippen molar-refractivity contribution in [1.82, 2.24) is 5.32 Å². The van der Waals surface area contributed by atoms with Gasteiger partial charge in [0.1, 0.15) is 12.5 Å². The zero-order valence-corrected chi connectivity index (χ0v) is 20.5. The maximum Gasteiger partial charge on any atom is 0.314 e. The van der Waals surface area contributed by atoms with Crippen molar-refractivity contribution in [2.24, 2.45) is 29.6 Å². The summed E-state index contributed by atoms with van der Waals surface area (Å²) in [4.78, 5) is 50.5. The average Bonchev–Trinajstić information content (AvgIpc) is 2.77. The standard InChI is InChI=1S/C26H37NO6/c1-7-17(6)21-23(33-26(21)31)24(29)27-22(16(4)5)20(28)13-19(15(2)3)25(30)32-14-18-11-9-8-10-12-18/h8-12,15-17,19,21-23H,7,13-14H2,1-6H3,(H,27,29)/t17-,19-,21-,22-,23+/m0/s1. The molecule has 1 fully saturated rings. The van der Waals surface area contributed by atoms with Crippen molar-refractivity contribution in [2.75, 3.05) is 0 Å². The molecule has 0 bridgehead atoms. The van der Waals surface area contributed by atoms with Crippen molar-refractivity contribution in [3.8, 4) is 0 Å². The molecule has 1 aromatic rings. The molecular weight excluding hydrogens is 422 g/mol. The molecule has 1 N–H and O–H groups in total. The molecule has 0 radical (unpaired) electrons. The number of hydrogen-bond acceptors (Lipinski definition) is 6. The van der Waals surface area contributed by atoms with E-state index in [2.05, 4.69) is 5.32 Å². The Hall–Kier alpha value is -2.70. The number of ketones is 1. The van der Waals surface area contributed by atoms with Crippen LogP contribution in [0.1, 0.15) is 59.9 Å². The summed E-state index contributed by atoms with van der Waals surface area (Å²) in [6.07, 6.45) is -0.163. The number of esters is 2. The van der Waals surface area contributed by atoms with Gasteiger partial charge in [-0.25, -0.2) is 0 Å². The molecule has 33 heavy (non-hydrogen) atoms. The minimum absolute atomic E-state index is 0.0138. The summed E-state index contributed by atoms with van der Waals surface area (Å²) < 4.78 is 10.6. The lowest BCUT2D eigenvalue weighted by Gasteiger charge is -2.38. The predicted octanol–water partition coefficient (Wildman–Crippen LogP) is 3.69. The van der Waals surface area contributed by atoms with Crippen LogP contribution < -0.4 is 5.32 Å². The Bertz CT molecular complexity index is 834. The quantitative estimate of drug-likeness (QED) is 0.479. The summed E-state index contributed by atoms with van der Waals surface area (Å²) in [6, 6.07) is 8.58. The second kappa shape index (κ2) is 12.0. The van der Waals surface area contributed by atoms with Gasteiger partial charge in [-0.3, -0.25) is 19.2 Å². The Labute approximate surface area is 196 Å². The second-order valence-electron chi connectivity index (χ2n) is 9.61. The van der Waals surface area contributed by atoms with Crippen LogP contribution in [0.5, 0.6) is 0 Å². The third-order valence-corrected chi connectivity index (χ3v) is 6.42. The van der Waals surface area contributed by atoms with Gasteiger partial charge in [0.15, 0.2) is 11.9 Å². The monoisotopic (exact) mass is 459 g/mol. The van der Waals surface area contributed by atoms with Crippen LogP contribution in [0.15, 0.2) is 30.3 Å². The van der Waals surface area contributed by atoms with Crippen molar-refractivity contribution in [1.29, 1.82) is 0 Å². The van der Waals surface area contributed by atoms with E-state index in [1.807, 2.05) is 71.9 Å². The van der Waals surface area contributed by atoms with Gasteiger partial charge in [-0.2, -0.15) is 0 Å². The summed E-state index contributed by atoms with van der Waals surface area (Å²) in [5, 5.41) is 2.77. The lowest BCUT2D eigenvalue weighted by molar-refractivity contribution is -0.193. The average molecular weight is 460 g/mol. The van der Waals surface area contributed by atoms with E-state index in [0.717, 1.165) is 12.0 Å². The number of cyclic esters (lactones) is 1. The third kappa shape index (κ3) is 6.89. The molecule has 1 saturated heterocycles. The number of ether oxygens (including phenoxy) is 2. The highest BCUT2D eigenvalue weighted by Crippen LogP contribution is 2.32. The van der Waals surface area contributed by atoms with E-state index in [1.165, 1.54) is 0 Å². The highest BCUT2D eigenvalue weighted by atomic mass is 16.6. The van der Waals surface area contributed by atoms with Gasteiger partial charge >= 0.3 is 11.9 Å². The molecule has 7 heteroatoms. The first kappa shape index (κ1) is 26.6. The number of carbonyl (C=O) groups is 4. The molecule has 7 nitrogen and oxygen atoms in total. The minimum atomic E-state index is -0.877. The number of rotatable bonds is 12. The number of amides is 1. The van der Waals surface area contributed by atoms with Crippen molar-refractivity contribution in [2.45, 2.75) is 73.1 Å². The molecule has 1 aliphatic rings. The number of hydrogen-bond donors (Lipinski definition) is 1. The van der Waals surface area contributed by atoms with Crippen LogP contribution in [0.25, 0.3) is 0 Å². The summed E-state index contributed by atoms with van der Waals surface area (Å²) in [6.45, 7) is 11.4. The van der Waals surface area contributed by atoms with Crippen LogP contribution in [0.2, 0.25) is 0 Å². The first-order valence-electron chi connectivity index (χ1n) is 11.8. The van der Waals surface area contributed by atoms with E-state index >= 15 is 0 Å². The van der Waals surface area contributed by atoms with E-state index in [0.29, 0.717) is 0 Å². The van der Waals surface area contributed by atoms with Gasteiger partial charge in [-0.05, 0) is 23.3 Å². The predicted molar refractivity (Wildman–Crippen MR) is 124 cm³/mol. The first-order valence-corrected chi connectivity index (χ1v) is 11.8. The van der Waals surface area contributed by atoms with Gasteiger partial charge in [-0.1, -0.05) is 78.3 Å². The van der Waals surface area contributed by atoms with E-state index in [1.54, 1.807) is 0 Å². The van der Waals surface area contributed by atoms with Crippen LogP contribution in [-0.4, -0.2) is 35.8 Å². The fourth-order valence-corrected chi connectivity index (χ4v) is 3.95. The van der Waals surface area contributed by atoms with Crippen molar-refractivity contribution in [3.05, 3.63) is 35.9 Å². The van der Waals surface area contributed by atoms with Gasteiger partial charge in [-0.15, -0.1) is 0 Å². The summed E-state index contributed by atoms with van der Waals surface area (Å²) >= 11 is 0. The van der Waals surface area contributed by atoms with Crippen LogP contribution in [0.3, 0.4) is 0 Å². The fourth-order valence-electron chi connectivity index (χ4n) is 3.95. The fraction of sp³-hybridized carbons (Fsp3) is 0.615. The van der Waals surface area contributed by atoms with Crippen LogP contribution in [-0.2, 0) is 35.3 Å². The molecule has 182 valence electrons. The van der Waals surface area contributed by atoms with Gasteiger partial charge in [0.2, 0.25) is 0 Å². The van der Waals surface area contributed by atoms with Crippen LogP contribution in [0, 0.1) is 29.6 Å². The van der Waals surface area contributed by atoms with Crippen molar-refractivity contribution in [3.63, 3.8) is 0 Å². The molecule has 0 saturated carbocycles. The Balaban J connectivity index is 2.02. The zero-order chi connectivity index (χ0) is 24.7. The third-order valence-electron chi connectivity index (χ3n) is 6.42. The second-order valence-corrected chi connectivity index (χ2v) is 9.61. The number of Topliss-reactive ketones (excluding diaryl/α,β-unsaturated/α-hetero) is 1. The van der Waals surface area contributed by atoms with Crippen molar-refractivity contribution < 1.29 is 28.7 Å². The molecule has 0 aliphatic carbocycles. The highest BCUT2D eigenvalue weighted by molar-refractivity contribution is 5.97. The molecule has 0 aromatic heterocycles. The largest absolute Gasteiger partial charge is 0.461 e. The van der Waals surface area contributed by atoms with Gasteiger partial charge < -0.3 is 14.8 Å². The Kier molecular flexibility index (Phi) is 9.62. The van der Waals surface area contributed by atoms with E-state index in [9.17, 15) is 19.2 Å². The SMILES string of the molecule is CC[C@H](C)[C@@H]1C(=O)O[C@H]1C(=O)N[C@H](C(=O)C[C@H](C(=O)OCc1ccccc1)C(C)C)C(C)C. The smallest absolute Gasteiger partial charge is 0.314 e. The molecule has 1 aromatic carbocycles. The molecular formula is C26H37NO6. The molecule has 0 spiro atoms. The lowest BCUT2D eigenvalue weighted by Crippen LogP contribution is -2.59. The van der Waals surface area contributed by atoms with Gasteiger partial charge in [0, 0.05) is 6.42 Å². The maximum absolute atomic E-state index is 13.1. The molecule has 1 aliphatic heterocycles. The van der Waals surface area contributed by atoms with E-state index < -0.39 is 35.9 Å². The number of benzene rings is 1. The molecule has 1 heterocycles. The van der Waals surface area contributed by atoms with Gasteiger partial charge in [0.05, 0.1) is 12.0 Å². The van der Waals surface area contributed by atoms with Crippen LogP contribution in [0.4, 0.5) is 0 Å². The Morgan fingerprint density at radius 1 is 1.03 bits per heavy atom. The van der Waals surface area contributed by atoms with E-state index in [-0.39, 0.29) is 42.5 Å². The Morgan fingerprint density at radius 3 is 2.18 bits per heavy atom. The van der Waals surface area contributed by atoms with E-state index in [4.69, 9.17) is 9.47 Å². The summed E-state index contributed by atoms with van der Waals surface area (Å²) in [5.74, 6) is -2.89. The zero-order valence-electron chi connectivity index (χ0n) is 20.5.